The van der Waals surface area contributed by atoms with Gasteiger partial charge in [-0.2, -0.15) is 0 Å². The molecule has 1 saturated heterocycles. The Morgan fingerprint density at radius 1 is 1.40 bits per heavy atom. The number of benzene rings is 1. The molecular weight excluding hydrogens is 326 g/mol. The third-order valence-corrected chi connectivity index (χ3v) is 3.86. The molecule has 1 atom stereocenters. The van der Waals surface area contributed by atoms with Crippen LogP contribution in [0.15, 0.2) is 22.7 Å². The fourth-order valence-electron chi connectivity index (χ4n) is 2.46. The molecule has 20 heavy (non-hydrogen) atoms. The fourth-order valence-corrected chi connectivity index (χ4v) is 2.80. The van der Waals surface area contributed by atoms with E-state index in [1.807, 2.05) is 11.0 Å². The first kappa shape index (κ1) is 15.2. The van der Waals surface area contributed by atoms with Gasteiger partial charge in [-0.15, -0.1) is 0 Å². The Morgan fingerprint density at radius 2 is 2.05 bits per heavy atom. The number of piperazine rings is 1. The molecule has 0 spiro atoms. The van der Waals surface area contributed by atoms with Crippen molar-refractivity contribution in [1.29, 1.82) is 0 Å². The number of hydrogen-bond acceptors (Lipinski definition) is 5. The minimum Gasteiger partial charge on any atom is -0.392 e. The van der Waals surface area contributed by atoms with Crippen LogP contribution in [0.3, 0.4) is 0 Å². The molecule has 0 radical (unpaired) electrons. The Balaban J connectivity index is 2.09. The molecule has 0 aromatic heterocycles. The lowest BCUT2D eigenvalue weighted by atomic mass is 10.2. The highest BCUT2D eigenvalue weighted by Crippen LogP contribution is 2.31. The first-order valence-electron chi connectivity index (χ1n) is 6.56. The molecule has 1 aliphatic rings. The van der Waals surface area contributed by atoms with Gasteiger partial charge < -0.3 is 10.0 Å². The van der Waals surface area contributed by atoms with Crippen LogP contribution < -0.4 is 4.90 Å². The van der Waals surface area contributed by atoms with Crippen LogP contribution in [-0.2, 0) is 0 Å². The minimum atomic E-state index is -0.345. The lowest BCUT2D eigenvalue weighted by Gasteiger charge is -2.36. The van der Waals surface area contributed by atoms with Gasteiger partial charge in [-0.25, -0.2) is 0 Å². The number of nitro groups is 1. The maximum atomic E-state index is 11.1. The number of nitro benzene ring substituents is 1. The third-order valence-electron chi connectivity index (χ3n) is 3.37. The second-order valence-electron chi connectivity index (χ2n) is 5.03. The van der Waals surface area contributed by atoms with Crippen molar-refractivity contribution in [2.75, 3.05) is 37.6 Å². The van der Waals surface area contributed by atoms with Crippen LogP contribution in [0.2, 0.25) is 0 Å². The molecular formula is C13H18BrN3O3. The summed E-state index contributed by atoms with van der Waals surface area (Å²) >= 11 is 3.27. The first-order valence-corrected chi connectivity index (χ1v) is 7.36. The molecule has 7 heteroatoms. The summed E-state index contributed by atoms with van der Waals surface area (Å²) in [6.45, 7) is 5.49. The van der Waals surface area contributed by atoms with E-state index in [0.717, 1.165) is 26.2 Å². The largest absolute Gasteiger partial charge is 0.392 e. The summed E-state index contributed by atoms with van der Waals surface area (Å²) in [7, 11) is 0. The number of halogens is 1. The average Bonchev–Trinajstić information content (AvgIpc) is 2.39. The average molecular weight is 344 g/mol. The second kappa shape index (κ2) is 6.51. The predicted octanol–water partition coefficient (Wildman–Crippen LogP) is 1.86. The highest BCUT2D eigenvalue weighted by atomic mass is 79.9. The van der Waals surface area contributed by atoms with Gasteiger partial charge in [-0.05, 0) is 19.1 Å². The summed E-state index contributed by atoms with van der Waals surface area (Å²) in [5.41, 5.74) is 0.790. The summed E-state index contributed by atoms with van der Waals surface area (Å²) in [5.74, 6) is 0. The van der Waals surface area contributed by atoms with E-state index in [1.54, 1.807) is 13.0 Å². The standard InChI is InChI=1S/C13H18BrN3O3/c1-10(18)9-15-4-6-16(7-5-15)12-3-2-11(14)8-13(12)17(19)20/h2-3,8,10,18H,4-7,9H2,1H3/t10-/m1/s1. The molecule has 1 aliphatic heterocycles. The molecule has 0 saturated carbocycles. The minimum absolute atomic E-state index is 0.128. The molecule has 0 amide bonds. The van der Waals surface area contributed by atoms with Crippen molar-refractivity contribution >= 4 is 27.3 Å². The molecule has 1 fully saturated rings. The normalized spacial score (nSPS) is 18.1. The van der Waals surface area contributed by atoms with E-state index in [9.17, 15) is 15.2 Å². The summed E-state index contributed by atoms with van der Waals surface area (Å²) < 4.78 is 0.709. The van der Waals surface area contributed by atoms with Gasteiger partial charge in [-0.1, -0.05) is 15.9 Å². The topological polar surface area (TPSA) is 69.8 Å². The Kier molecular flexibility index (Phi) is 4.95. The number of aliphatic hydroxyl groups is 1. The number of β-amino-alcohol motifs (C(OH)–C–C–N with tert-alkyl or cyclic N) is 1. The van der Waals surface area contributed by atoms with Crippen molar-refractivity contribution in [3.63, 3.8) is 0 Å². The van der Waals surface area contributed by atoms with E-state index < -0.39 is 0 Å². The van der Waals surface area contributed by atoms with E-state index in [-0.39, 0.29) is 16.7 Å². The zero-order chi connectivity index (χ0) is 14.7. The van der Waals surface area contributed by atoms with Gasteiger partial charge in [0, 0.05) is 43.3 Å². The number of aliphatic hydroxyl groups excluding tert-OH is 1. The molecule has 0 aliphatic carbocycles. The highest BCUT2D eigenvalue weighted by molar-refractivity contribution is 9.10. The van der Waals surface area contributed by atoms with Crippen LogP contribution in [0, 0.1) is 10.1 Å². The van der Waals surface area contributed by atoms with E-state index >= 15 is 0 Å². The van der Waals surface area contributed by atoms with Crippen LogP contribution in [-0.4, -0.2) is 53.8 Å². The van der Waals surface area contributed by atoms with Gasteiger partial charge in [0.05, 0.1) is 11.0 Å². The summed E-state index contributed by atoms with van der Waals surface area (Å²) in [6, 6.07) is 5.15. The Hall–Kier alpha value is -1.18. The van der Waals surface area contributed by atoms with E-state index in [1.165, 1.54) is 6.07 Å². The van der Waals surface area contributed by atoms with E-state index in [0.29, 0.717) is 16.7 Å². The quantitative estimate of drug-likeness (QED) is 0.667. The molecule has 0 unspecified atom stereocenters. The summed E-state index contributed by atoms with van der Waals surface area (Å²) in [4.78, 5) is 15.0. The van der Waals surface area contributed by atoms with Gasteiger partial charge in [-0.3, -0.25) is 15.0 Å². The van der Waals surface area contributed by atoms with E-state index in [4.69, 9.17) is 0 Å². The van der Waals surface area contributed by atoms with Crippen molar-refractivity contribution in [2.45, 2.75) is 13.0 Å². The smallest absolute Gasteiger partial charge is 0.293 e. The SMILES string of the molecule is C[C@@H](O)CN1CCN(c2ccc(Br)cc2[N+](=O)[O-])CC1. The lowest BCUT2D eigenvalue weighted by molar-refractivity contribution is -0.384. The molecule has 2 rings (SSSR count). The van der Waals surface area contributed by atoms with Crippen LogP contribution in [0.1, 0.15) is 6.92 Å². The Bertz CT molecular complexity index is 488. The molecule has 1 N–H and O–H groups in total. The first-order chi connectivity index (χ1) is 9.47. The second-order valence-corrected chi connectivity index (χ2v) is 5.94. The molecule has 1 aromatic rings. The molecule has 1 aromatic carbocycles. The summed E-state index contributed by atoms with van der Waals surface area (Å²) in [5, 5.41) is 20.5. The van der Waals surface area contributed by atoms with Gasteiger partial charge in [0.25, 0.3) is 5.69 Å². The van der Waals surface area contributed by atoms with Gasteiger partial charge in [0.1, 0.15) is 5.69 Å². The van der Waals surface area contributed by atoms with Gasteiger partial charge in [0.2, 0.25) is 0 Å². The van der Waals surface area contributed by atoms with Crippen LogP contribution >= 0.6 is 15.9 Å². The van der Waals surface area contributed by atoms with Crippen LogP contribution in [0.5, 0.6) is 0 Å². The molecule has 0 bridgehead atoms. The maximum absolute atomic E-state index is 11.1. The highest BCUT2D eigenvalue weighted by Gasteiger charge is 2.24. The number of hydrogen-bond donors (Lipinski definition) is 1. The lowest BCUT2D eigenvalue weighted by Crippen LogP contribution is -2.48. The summed E-state index contributed by atoms with van der Waals surface area (Å²) in [6.07, 6.45) is -0.344. The zero-order valence-electron chi connectivity index (χ0n) is 11.3. The van der Waals surface area contributed by atoms with Crippen molar-refractivity contribution in [3.8, 4) is 0 Å². The van der Waals surface area contributed by atoms with Crippen LogP contribution in [0.25, 0.3) is 0 Å². The van der Waals surface area contributed by atoms with Crippen molar-refractivity contribution < 1.29 is 10.0 Å². The van der Waals surface area contributed by atoms with Gasteiger partial charge in [0.15, 0.2) is 0 Å². The van der Waals surface area contributed by atoms with Crippen molar-refractivity contribution in [3.05, 3.63) is 32.8 Å². The van der Waals surface area contributed by atoms with Gasteiger partial charge >= 0.3 is 0 Å². The predicted molar refractivity (Wildman–Crippen MR) is 81.1 cm³/mol. The maximum Gasteiger partial charge on any atom is 0.293 e. The molecule has 1 heterocycles. The number of rotatable bonds is 4. The zero-order valence-corrected chi connectivity index (χ0v) is 12.9. The Morgan fingerprint density at radius 3 is 2.60 bits per heavy atom. The Labute approximate surface area is 126 Å². The number of anilines is 1. The van der Waals surface area contributed by atoms with E-state index in [2.05, 4.69) is 20.8 Å². The number of nitrogens with zero attached hydrogens (tertiary/aromatic N) is 3. The van der Waals surface area contributed by atoms with Crippen molar-refractivity contribution in [1.82, 2.24) is 4.90 Å². The third kappa shape index (κ3) is 3.68. The van der Waals surface area contributed by atoms with Crippen LogP contribution in [0.4, 0.5) is 11.4 Å². The monoisotopic (exact) mass is 343 g/mol. The molecule has 6 nitrogen and oxygen atoms in total. The fraction of sp³-hybridized carbons (Fsp3) is 0.538. The molecule has 110 valence electrons. The van der Waals surface area contributed by atoms with Crippen molar-refractivity contribution in [2.24, 2.45) is 0 Å².